The standard InChI is InChI=1S/C13H25NO2S/c1-3-4-9-17-11(2)12(15)14-10-13(16)7-5-6-8-13/h11,16H,3-10H2,1-2H3,(H,14,15). The third kappa shape index (κ3) is 5.30. The molecule has 0 heterocycles. The number of carbonyl (C=O) groups excluding carboxylic acids is 1. The lowest BCUT2D eigenvalue weighted by atomic mass is 10.0. The summed E-state index contributed by atoms with van der Waals surface area (Å²) in [5.41, 5.74) is -0.635. The van der Waals surface area contributed by atoms with Crippen molar-refractivity contribution in [2.75, 3.05) is 12.3 Å². The molecule has 2 N–H and O–H groups in total. The highest BCUT2D eigenvalue weighted by Crippen LogP contribution is 2.28. The summed E-state index contributed by atoms with van der Waals surface area (Å²) >= 11 is 1.70. The second-order valence-corrected chi connectivity index (χ2v) is 6.46. The Morgan fingerprint density at radius 2 is 2.12 bits per heavy atom. The normalized spacial score (nSPS) is 20.2. The van der Waals surface area contributed by atoms with Gasteiger partial charge in [0.15, 0.2) is 0 Å². The van der Waals surface area contributed by atoms with Gasteiger partial charge in [0.1, 0.15) is 0 Å². The van der Waals surface area contributed by atoms with Crippen molar-refractivity contribution in [2.24, 2.45) is 0 Å². The molecule has 0 radical (unpaired) electrons. The molecule has 1 atom stereocenters. The molecule has 1 amide bonds. The van der Waals surface area contributed by atoms with E-state index in [1.807, 2.05) is 6.92 Å². The predicted octanol–water partition coefficient (Wildman–Crippen LogP) is 2.33. The van der Waals surface area contributed by atoms with Crippen molar-refractivity contribution in [1.29, 1.82) is 0 Å². The van der Waals surface area contributed by atoms with Crippen molar-refractivity contribution in [1.82, 2.24) is 5.32 Å². The van der Waals surface area contributed by atoms with Crippen LogP contribution in [-0.4, -0.2) is 34.2 Å². The Bertz CT molecular complexity index is 240. The van der Waals surface area contributed by atoms with E-state index in [-0.39, 0.29) is 11.2 Å². The second-order valence-electron chi connectivity index (χ2n) is 5.02. The van der Waals surface area contributed by atoms with Crippen molar-refractivity contribution in [3.8, 4) is 0 Å². The van der Waals surface area contributed by atoms with E-state index in [4.69, 9.17) is 0 Å². The molecule has 0 aliphatic heterocycles. The molecule has 17 heavy (non-hydrogen) atoms. The number of hydrogen-bond acceptors (Lipinski definition) is 3. The summed E-state index contributed by atoms with van der Waals surface area (Å²) in [6.45, 7) is 4.51. The first-order valence-electron chi connectivity index (χ1n) is 6.69. The Morgan fingerprint density at radius 3 is 2.71 bits per heavy atom. The third-order valence-electron chi connectivity index (χ3n) is 3.36. The maximum atomic E-state index is 11.8. The van der Waals surface area contributed by atoms with E-state index in [9.17, 15) is 9.90 Å². The minimum absolute atomic E-state index is 0.00782. The molecule has 0 saturated heterocycles. The molecule has 0 aromatic rings. The SMILES string of the molecule is CCCCSC(C)C(=O)NCC1(O)CCCC1. The van der Waals surface area contributed by atoms with Gasteiger partial charge in [-0.3, -0.25) is 4.79 Å². The van der Waals surface area contributed by atoms with Crippen LogP contribution >= 0.6 is 11.8 Å². The van der Waals surface area contributed by atoms with Gasteiger partial charge in [-0.15, -0.1) is 11.8 Å². The van der Waals surface area contributed by atoms with Gasteiger partial charge in [-0.25, -0.2) is 0 Å². The van der Waals surface area contributed by atoms with Crippen LogP contribution in [0.5, 0.6) is 0 Å². The van der Waals surface area contributed by atoms with E-state index in [1.165, 1.54) is 6.42 Å². The summed E-state index contributed by atoms with van der Waals surface area (Å²) < 4.78 is 0. The van der Waals surface area contributed by atoms with E-state index in [2.05, 4.69) is 12.2 Å². The van der Waals surface area contributed by atoms with Crippen LogP contribution in [0.1, 0.15) is 52.4 Å². The fourth-order valence-electron chi connectivity index (χ4n) is 2.09. The topological polar surface area (TPSA) is 49.3 Å². The first-order valence-corrected chi connectivity index (χ1v) is 7.74. The second kappa shape index (κ2) is 7.27. The van der Waals surface area contributed by atoms with Crippen molar-refractivity contribution < 1.29 is 9.90 Å². The number of hydrogen-bond donors (Lipinski definition) is 2. The van der Waals surface area contributed by atoms with Crippen LogP contribution in [0.3, 0.4) is 0 Å². The van der Waals surface area contributed by atoms with Crippen LogP contribution in [-0.2, 0) is 4.79 Å². The van der Waals surface area contributed by atoms with Gasteiger partial charge in [0.25, 0.3) is 0 Å². The van der Waals surface area contributed by atoms with Gasteiger partial charge in [0.2, 0.25) is 5.91 Å². The van der Waals surface area contributed by atoms with E-state index >= 15 is 0 Å². The monoisotopic (exact) mass is 259 g/mol. The number of unbranched alkanes of at least 4 members (excludes halogenated alkanes) is 1. The van der Waals surface area contributed by atoms with Gasteiger partial charge < -0.3 is 10.4 Å². The zero-order valence-corrected chi connectivity index (χ0v) is 11.8. The van der Waals surface area contributed by atoms with Gasteiger partial charge in [-0.1, -0.05) is 26.2 Å². The fourth-order valence-corrected chi connectivity index (χ4v) is 3.13. The molecule has 1 saturated carbocycles. The lowest BCUT2D eigenvalue weighted by Gasteiger charge is -2.23. The number of rotatable bonds is 7. The fraction of sp³-hybridized carbons (Fsp3) is 0.923. The highest BCUT2D eigenvalue weighted by molar-refractivity contribution is 8.00. The largest absolute Gasteiger partial charge is 0.388 e. The van der Waals surface area contributed by atoms with Gasteiger partial charge in [-0.05, 0) is 31.9 Å². The molecular weight excluding hydrogens is 234 g/mol. The number of nitrogens with one attached hydrogen (secondary N) is 1. The molecule has 1 unspecified atom stereocenters. The summed E-state index contributed by atoms with van der Waals surface area (Å²) in [5, 5.41) is 13.0. The molecule has 0 aromatic heterocycles. The molecule has 3 nitrogen and oxygen atoms in total. The third-order valence-corrected chi connectivity index (χ3v) is 4.60. The van der Waals surface area contributed by atoms with Crippen molar-refractivity contribution >= 4 is 17.7 Å². The van der Waals surface area contributed by atoms with E-state index in [0.717, 1.165) is 37.9 Å². The lowest BCUT2D eigenvalue weighted by Crippen LogP contribution is -2.43. The maximum absolute atomic E-state index is 11.8. The van der Waals surface area contributed by atoms with Gasteiger partial charge >= 0.3 is 0 Å². The molecule has 0 bridgehead atoms. The van der Waals surface area contributed by atoms with Crippen LogP contribution < -0.4 is 5.32 Å². The summed E-state index contributed by atoms with van der Waals surface area (Å²) in [5.74, 6) is 1.10. The lowest BCUT2D eigenvalue weighted by molar-refractivity contribution is -0.121. The molecule has 4 heteroatoms. The predicted molar refractivity (Wildman–Crippen MR) is 73.3 cm³/mol. The Morgan fingerprint density at radius 1 is 1.47 bits per heavy atom. The van der Waals surface area contributed by atoms with E-state index in [1.54, 1.807) is 11.8 Å². The molecule has 1 rings (SSSR count). The Labute approximate surface area is 109 Å². The zero-order valence-electron chi connectivity index (χ0n) is 11.0. The average molecular weight is 259 g/mol. The molecule has 0 aromatic carbocycles. The molecule has 0 spiro atoms. The van der Waals surface area contributed by atoms with Crippen LogP contribution in [0.2, 0.25) is 0 Å². The number of carbonyl (C=O) groups is 1. The van der Waals surface area contributed by atoms with Gasteiger partial charge in [0.05, 0.1) is 10.9 Å². The average Bonchev–Trinajstić information content (AvgIpc) is 2.74. The molecule has 1 aliphatic carbocycles. The zero-order chi connectivity index (χ0) is 12.7. The Balaban J connectivity index is 2.19. The van der Waals surface area contributed by atoms with Crippen LogP contribution in [0.15, 0.2) is 0 Å². The molecule has 1 aliphatic rings. The van der Waals surface area contributed by atoms with Crippen LogP contribution in [0.4, 0.5) is 0 Å². The Hall–Kier alpha value is -0.220. The molecule has 1 fully saturated rings. The van der Waals surface area contributed by atoms with Gasteiger partial charge in [0, 0.05) is 6.54 Å². The summed E-state index contributed by atoms with van der Waals surface area (Å²) in [6.07, 6.45) is 6.13. The van der Waals surface area contributed by atoms with E-state index < -0.39 is 5.60 Å². The van der Waals surface area contributed by atoms with Crippen LogP contribution in [0.25, 0.3) is 0 Å². The van der Waals surface area contributed by atoms with Crippen molar-refractivity contribution in [3.05, 3.63) is 0 Å². The Kier molecular flexibility index (Phi) is 6.34. The first-order chi connectivity index (χ1) is 8.07. The summed E-state index contributed by atoms with van der Waals surface area (Å²) in [4.78, 5) is 11.8. The van der Waals surface area contributed by atoms with Gasteiger partial charge in [-0.2, -0.15) is 0 Å². The van der Waals surface area contributed by atoms with E-state index in [0.29, 0.717) is 6.54 Å². The smallest absolute Gasteiger partial charge is 0.232 e. The first kappa shape index (κ1) is 14.8. The minimum Gasteiger partial charge on any atom is -0.388 e. The quantitative estimate of drug-likeness (QED) is 0.690. The highest BCUT2D eigenvalue weighted by atomic mass is 32.2. The van der Waals surface area contributed by atoms with Crippen molar-refractivity contribution in [2.45, 2.75) is 63.2 Å². The minimum atomic E-state index is -0.635. The molecule has 100 valence electrons. The summed E-state index contributed by atoms with van der Waals surface area (Å²) in [6, 6.07) is 0. The summed E-state index contributed by atoms with van der Waals surface area (Å²) in [7, 11) is 0. The van der Waals surface area contributed by atoms with Crippen LogP contribution in [0, 0.1) is 0 Å². The number of aliphatic hydroxyl groups is 1. The molecular formula is C13H25NO2S. The number of thioether (sulfide) groups is 1. The highest BCUT2D eigenvalue weighted by Gasteiger charge is 2.31. The maximum Gasteiger partial charge on any atom is 0.232 e. The van der Waals surface area contributed by atoms with Crippen molar-refractivity contribution in [3.63, 3.8) is 0 Å². The number of amides is 1.